The fourth-order valence-corrected chi connectivity index (χ4v) is 3.32. The predicted molar refractivity (Wildman–Crippen MR) is 74.4 cm³/mol. The van der Waals surface area contributed by atoms with Crippen LogP contribution >= 0.6 is 0 Å². The summed E-state index contributed by atoms with van der Waals surface area (Å²) in [5.41, 5.74) is 1.04. The third kappa shape index (κ3) is 2.41. The third-order valence-corrected chi connectivity index (χ3v) is 4.66. The van der Waals surface area contributed by atoms with E-state index in [-0.39, 0.29) is 11.0 Å². The lowest BCUT2D eigenvalue weighted by molar-refractivity contribution is 0.170. The van der Waals surface area contributed by atoms with E-state index in [0.29, 0.717) is 12.8 Å². The van der Waals surface area contributed by atoms with Gasteiger partial charge in [-0.05, 0) is 35.7 Å². The SMILES string of the molecule is C=C1CC(OS(=O)(=O)c2ccc3ccccc3c2)C1. The van der Waals surface area contributed by atoms with E-state index < -0.39 is 10.1 Å². The summed E-state index contributed by atoms with van der Waals surface area (Å²) in [7, 11) is -3.68. The molecule has 1 aliphatic carbocycles. The molecule has 0 spiro atoms. The van der Waals surface area contributed by atoms with Crippen molar-refractivity contribution in [3.05, 3.63) is 54.6 Å². The van der Waals surface area contributed by atoms with Crippen LogP contribution in [-0.2, 0) is 14.3 Å². The summed E-state index contributed by atoms with van der Waals surface area (Å²) in [5.74, 6) is 0. The maximum Gasteiger partial charge on any atom is 0.297 e. The Hall–Kier alpha value is -1.65. The van der Waals surface area contributed by atoms with Gasteiger partial charge in [-0.1, -0.05) is 42.5 Å². The van der Waals surface area contributed by atoms with Gasteiger partial charge in [0.2, 0.25) is 0 Å². The molecule has 3 nitrogen and oxygen atoms in total. The number of hydrogen-bond acceptors (Lipinski definition) is 3. The zero-order valence-corrected chi connectivity index (χ0v) is 11.2. The van der Waals surface area contributed by atoms with Gasteiger partial charge in [-0.2, -0.15) is 8.42 Å². The molecule has 0 radical (unpaired) electrons. The fourth-order valence-electron chi connectivity index (χ4n) is 2.21. The molecule has 0 amide bonds. The summed E-state index contributed by atoms with van der Waals surface area (Å²) >= 11 is 0. The molecular formula is C15H14O3S. The van der Waals surface area contributed by atoms with Crippen LogP contribution in [0.1, 0.15) is 12.8 Å². The second-order valence-electron chi connectivity index (χ2n) is 4.84. The van der Waals surface area contributed by atoms with Crippen molar-refractivity contribution in [3.8, 4) is 0 Å². The topological polar surface area (TPSA) is 43.4 Å². The fraction of sp³-hybridized carbons (Fsp3) is 0.200. The Kier molecular flexibility index (Phi) is 2.92. The van der Waals surface area contributed by atoms with Crippen molar-refractivity contribution in [2.45, 2.75) is 23.8 Å². The normalized spacial score (nSPS) is 16.5. The van der Waals surface area contributed by atoms with Crippen LogP contribution in [0.2, 0.25) is 0 Å². The Labute approximate surface area is 112 Å². The maximum atomic E-state index is 12.1. The molecule has 0 heterocycles. The molecule has 0 bridgehead atoms. The van der Waals surface area contributed by atoms with E-state index in [4.69, 9.17) is 4.18 Å². The van der Waals surface area contributed by atoms with Crippen molar-refractivity contribution < 1.29 is 12.6 Å². The van der Waals surface area contributed by atoms with Crippen LogP contribution in [-0.4, -0.2) is 14.5 Å². The van der Waals surface area contributed by atoms with E-state index in [1.165, 1.54) is 0 Å². The monoisotopic (exact) mass is 274 g/mol. The van der Waals surface area contributed by atoms with Crippen LogP contribution in [0.4, 0.5) is 0 Å². The van der Waals surface area contributed by atoms with Crippen molar-refractivity contribution in [2.75, 3.05) is 0 Å². The standard InChI is InChI=1S/C15H14O3S/c1-11-8-14(9-11)18-19(16,17)15-7-6-12-4-2-3-5-13(12)10-15/h2-7,10,14H,1,8-9H2. The molecule has 4 heteroatoms. The lowest BCUT2D eigenvalue weighted by Crippen LogP contribution is -2.27. The van der Waals surface area contributed by atoms with Crippen molar-refractivity contribution in [2.24, 2.45) is 0 Å². The summed E-state index contributed by atoms with van der Waals surface area (Å²) in [4.78, 5) is 0.212. The first kappa shape index (κ1) is 12.4. The Morgan fingerprint density at radius 2 is 1.74 bits per heavy atom. The summed E-state index contributed by atoms with van der Waals surface area (Å²) in [6.45, 7) is 3.78. The average molecular weight is 274 g/mol. The minimum Gasteiger partial charge on any atom is -0.262 e. The van der Waals surface area contributed by atoms with Crippen LogP contribution in [0.25, 0.3) is 10.8 Å². The quantitative estimate of drug-likeness (QED) is 0.637. The molecule has 0 N–H and O–H groups in total. The molecule has 0 unspecified atom stereocenters. The van der Waals surface area contributed by atoms with Gasteiger partial charge >= 0.3 is 0 Å². The Balaban J connectivity index is 1.92. The molecule has 98 valence electrons. The van der Waals surface area contributed by atoms with Gasteiger partial charge in [-0.25, -0.2) is 0 Å². The lowest BCUT2D eigenvalue weighted by atomic mass is 9.91. The number of benzene rings is 2. The van der Waals surface area contributed by atoms with Gasteiger partial charge in [0, 0.05) is 0 Å². The first-order valence-electron chi connectivity index (χ1n) is 6.13. The minimum absolute atomic E-state index is 0.212. The van der Waals surface area contributed by atoms with Crippen molar-refractivity contribution in [1.29, 1.82) is 0 Å². The number of hydrogen-bond donors (Lipinski definition) is 0. The molecule has 1 saturated carbocycles. The van der Waals surface area contributed by atoms with E-state index in [1.54, 1.807) is 18.2 Å². The van der Waals surface area contributed by atoms with Gasteiger partial charge in [0.1, 0.15) is 0 Å². The smallest absolute Gasteiger partial charge is 0.262 e. The molecule has 0 aromatic heterocycles. The van der Waals surface area contributed by atoms with Crippen molar-refractivity contribution >= 4 is 20.9 Å². The first-order valence-corrected chi connectivity index (χ1v) is 7.54. The van der Waals surface area contributed by atoms with Crippen LogP contribution in [0.15, 0.2) is 59.5 Å². The summed E-state index contributed by atoms with van der Waals surface area (Å²) in [6.07, 6.45) is 1.02. The molecule has 2 aromatic rings. The maximum absolute atomic E-state index is 12.1. The highest BCUT2D eigenvalue weighted by atomic mass is 32.2. The van der Waals surface area contributed by atoms with Gasteiger partial charge in [0.25, 0.3) is 10.1 Å². The Morgan fingerprint density at radius 3 is 2.42 bits per heavy atom. The summed E-state index contributed by atoms with van der Waals surface area (Å²) < 4.78 is 29.5. The molecule has 0 saturated heterocycles. The molecule has 19 heavy (non-hydrogen) atoms. The van der Waals surface area contributed by atoms with Gasteiger partial charge in [0.05, 0.1) is 11.0 Å². The first-order chi connectivity index (χ1) is 9.04. The molecular weight excluding hydrogens is 260 g/mol. The molecule has 1 fully saturated rings. The van der Waals surface area contributed by atoms with Gasteiger partial charge in [-0.3, -0.25) is 4.18 Å². The van der Waals surface area contributed by atoms with Crippen LogP contribution in [0, 0.1) is 0 Å². The van der Waals surface area contributed by atoms with Gasteiger partial charge in [0.15, 0.2) is 0 Å². The Bertz CT molecular complexity index is 739. The number of fused-ring (bicyclic) bond motifs is 1. The van der Waals surface area contributed by atoms with Crippen LogP contribution in [0.5, 0.6) is 0 Å². The minimum atomic E-state index is -3.68. The average Bonchev–Trinajstić information content (AvgIpc) is 2.36. The zero-order chi connectivity index (χ0) is 13.5. The predicted octanol–water partition coefficient (Wildman–Crippen LogP) is 3.26. The molecule has 2 aromatic carbocycles. The highest BCUT2D eigenvalue weighted by Crippen LogP contribution is 2.31. The highest BCUT2D eigenvalue weighted by Gasteiger charge is 2.28. The molecule has 0 atom stereocenters. The van der Waals surface area contributed by atoms with Gasteiger partial charge < -0.3 is 0 Å². The third-order valence-electron chi connectivity index (χ3n) is 3.31. The zero-order valence-electron chi connectivity index (χ0n) is 10.4. The molecule has 1 aliphatic rings. The summed E-state index contributed by atoms with van der Waals surface area (Å²) in [6, 6.07) is 12.7. The van der Waals surface area contributed by atoms with Crippen LogP contribution in [0.3, 0.4) is 0 Å². The highest BCUT2D eigenvalue weighted by molar-refractivity contribution is 7.86. The van der Waals surface area contributed by atoms with E-state index in [1.807, 2.05) is 24.3 Å². The largest absolute Gasteiger partial charge is 0.297 e. The van der Waals surface area contributed by atoms with E-state index in [2.05, 4.69) is 6.58 Å². The Morgan fingerprint density at radius 1 is 1.05 bits per heavy atom. The molecule has 3 rings (SSSR count). The van der Waals surface area contributed by atoms with E-state index in [0.717, 1.165) is 16.3 Å². The summed E-state index contributed by atoms with van der Waals surface area (Å²) in [5, 5.41) is 1.91. The second-order valence-corrected chi connectivity index (χ2v) is 6.41. The second kappa shape index (κ2) is 4.47. The lowest BCUT2D eigenvalue weighted by Gasteiger charge is -2.27. The molecule has 0 aliphatic heterocycles. The van der Waals surface area contributed by atoms with Gasteiger partial charge in [-0.15, -0.1) is 0 Å². The number of rotatable bonds is 3. The van der Waals surface area contributed by atoms with Crippen molar-refractivity contribution in [1.82, 2.24) is 0 Å². The van der Waals surface area contributed by atoms with E-state index >= 15 is 0 Å². The van der Waals surface area contributed by atoms with Crippen molar-refractivity contribution in [3.63, 3.8) is 0 Å². The van der Waals surface area contributed by atoms with E-state index in [9.17, 15) is 8.42 Å². The van der Waals surface area contributed by atoms with Crippen LogP contribution < -0.4 is 0 Å².